The molecule has 7 heteroatoms. The molecule has 0 radical (unpaired) electrons. The largest absolute Gasteiger partial charge is 0.323 e. The second-order valence-corrected chi connectivity index (χ2v) is 9.55. The van der Waals surface area contributed by atoms with Gasteiger partial charge in [0.25, 0.3) is 10.0 Å². The number of hydrogen-bond acceptors (Lipinski definition) is 4. The van der Waals surface area contributed by atoms with Crippen LogP contribution in [0.5, 0.6) is 0 Å². The fourth-order valence-corrected chi connectivity index (χ4v) is 4.97. The monoisotopic (exact) mass is 440 g/mol. The van der Waals surface area contributed by atoms with Gasteiger partial charge in [0.05, 0.1) is 16.3 Å². The van der Waals surface area contributed by atoms with E-state index in [1.807, 2.05) is 44.4 Å². The number of nitrogens with one attached hydrogen (secondary N) is 1. The zero-order chi connectivity index (χ0) is 21.7. The number of thioether (sulfide) groups is 1. The standard InChI is InChI=1S/C23H24N2O3S2/c1-17-13-14-19(15-18(17)2)25(30(27,28)20-9-5-4-6-10-20)16-23(26)24-21-11-7-8-12-22(21)29-3/h4-15H,16H2,1-3H3,(H,24,26). The highest BCUT2D eigenvalue weighted by atomic mass is 32.2. The van der Waals surface area contributed by atoms with Crippen LogP contribution in [0.2, 0.25) is 0 Å². The third-order valence-electron chi connectivity index (χ3n) is 4.78. The van der Waals surface area contributed by atoms with E-state index < -0.39 is 15.9 Å². The number of carbonyl (C=O) groups excluding carboxylic acids is 1. The molecule has 0 bridgehead atoms. The van der Waals surface area contributed by atoms with Gasteiger partial charge in [0, 0.05) is 4.90 Å². The van der Waals surface area contributed by atoms with Crippen LogP contribution in [0.3, 0.4) is 0 Å². The van der Waals surface area contributed by atoms with Gasteiger partial charge in [0.2, 0.25) is 5.91 Å². The number of rotatable bonds is 7. The molecule has 0 heterocycles. The molecule has 3 rings (SSSR count). The van der Waals surface area contributed by atoms with E-state index in [0.717, 1.165) is 20.3 Å². The van der Waals surface area contributed by atoms with Gasteiger partial charge in [-0.1, -0.05) is 36.4 Å². The molecule has 3 aromatic carbocycles. The molecule has 0 aliphatic rings. The molecule has 156 valence electrons. The molecule has 0 unspecified atom stereocenters. The van der Waals surface area contributed by atoms with Gasteiger partial charge < -0.3 is 5.32 Å². The average Bonchev–Trinajstić information content (AvgIpc) is 2.75. The molecule has 0 atom stereocenters. The molecule has 3 aromatic rings. The van der Waals surface area contributed by atoms with Gasteiger partial charge >= 0.3 is 0 Å². The second kappa shape index (κ2) is 9.36. The summed E-state index contributed by atoms with van der Waals surface area (Å²) < 4.78 is 27.9. The van der Waals surface area contributed by atoms with Crippen LogP contribution in [-0.4, -0.2) is 27.1 Å². The van der Waals surface area contributed by atoms with Crippen molar-refractivity contribution in [1.82, 2.24) is 0 Å². The summed E-state index contributed by atoms with van der Waals surface area (Å²) in [6.45, 7) is 3.55. The van der Waals surface area contributed by atoms with Gasteiger partial charge in [-0.05, 0) is 67.6 Å². The Kier molecular flexibility index (Phi) is 6.84. The van der Waals surface area contributed by atoms with E-state index in [-0.39, 0.29) is 11.4 Å². The van der Waals surface area contributed by atoms with Crippen molar-refractivity contribution in [2.24, 2.45) is 0 Å². The minimum atomic E-state index is -3.92. The molecule has 0 aliphatic carbocycles. The first-order valence-electron chi connectivity index (χ1n) is 9.41. The van der Waals surface area contributed by atoms with Crippen molar-refractivity contribution in [3.8, 4) is 0 Å². The van der Waals surface area contributed by atoms with Gasteiger partial charge in [-0.15, -0.1) is 11.8 Å². The first kappa shape index (κ1) is 21.9. The van der Waals surface area contributed by atoms with Crippen LogP contribution in [0.15, 0.2) is 82.6 Å². The van der Waals surface area contributed by atoms with Crippen LogP contribution in [-0.2, 0) is 14.8 Å². The lowest BCUT2D eigenvalue weighted by Gasteiger charge is -2.25. The predicted octanol–water partition coefficient (Wildman–Crippen LogP) is 4.86. The van der Waals surface area contributed by atoms with Gasteiger partial charge in [-0.25, -0.2) is 8.42 Å². The molecule has 0 saturated carbocycles. The first-order chi connectivity index (χ1) is 14.3. The maximum Gasteiger partial charge on any atom is 0.264 e. The number of hydrogen-bond donors (Lipinski definition) is 1. The molecule has 0 aromatic heterocycles. The molecular formula is C23H24N2O3S2. The highest BCUT2D eigenvalue weighted by molar-refractivity contribution is 7.98. The number of sulfonamides is 1. The Balaban J connectivity index is 1.97. The Morgan fingerprint density at radius 2 is 1.60 bits per heavy atom. The van der Waals surface area contributed by atoms with E-state index in [4.69, 9.17) is 0 Å². The van der Waals surface area contributed by atoms with Gasteiger partial charge in [0.1, 0.15) is 6.54 Å². The number of para-hydroxylation sites is 1. The van der Waals surface area contributed by atoms with Crippen molar-refractivity contribution >= 4 is 39.1 Å². The number of aryl methyl sites for hydroxylation is 2. The molecule has 0 spiro atoms. The van der Waals surface area contributed by atoms with E-state index >= 15 is 0 Å². The fourth-order valence-electron chi connectivity index (χ4n) is 2.98. The zero-order valence-electron chi connectivity index (χ0n) is 17.1. The summed E-state index contributed by atoms with van der Waals surface area (Å²) in [5.74, 6) is -0.408. The Labute approximate surface area is 182 Å². The Morgan fingerprint density at radius 3 is 2.27 bits per heavy atom. The Hall–Kier alpha value is -2.77. The highest BCUT2D eigenvalue weighted by Gasteiger charge is 2.27. The van der Waals surface area contributed by atoms with E-state index in [2.05, 4.69) is 5.32 Å². The molecule has 1 N–H and O–H groups in total. The normalized spacial score (nSPS) is 11.2. The van der Waals surface area contributed by atoms with Crippen LogP contribution < -0.4 is 9.62 Å². The van der Waals surface area contributed by atoms with Gasteiger partial charge in [0.15, 0.2) is 0 Å². The molecule has 0 aliphatic heterocycles. The van der Waals surface area contributed by atoms with Crippen LogP contribution in [0.4, 0.5) is 11.4 Å². The van der Waals surface area contributed by atoms with E-state index in [9.17, 15) is 13.2 Å². The predicted molar refractivity (Wildman–Crippen MR) is 124 cm³/mol. The SMILES string of the molecule is CSc1ccccc1NC(=O)CN(c1ccc(C)c(C)c1)S(=O)(=O)c1ccccc1. The number of benzene rings is 3. The number of amides is 1. The third kappa shape index (κ3) is 4.86. The van der Waals surface area contributed by atoms with Crippen LogP contribution >= 0.6 is 11.8 Å². The molecule has 0 fully saturated rings. The lowest BCUT2D eigenvalue weighted by Crippen LogP contribution is -2.38. The maximum atomic E-state index is 13.4. The molecule has 30 heavy (non-hydrogen) atoms. The summed E-state index contributed by atoms with van der Waals surface area (Å²) in [5.41, 5.74) is 3.12. The summed E-state index contributed by atoms with van der Waals surface area (Å²) in [6, 6.07) is 21.0. The van der Waals surface area contributed by atoms with Crippen molar-refractivity contribution in [3.05, 3.63) is 83.9 Å². The molecule has 0 saturated heterocycles. The second-order valence-electron chi connectivity index (χ2n) is 6.84. The van der Waals surface area contributed by atoms with Crippen molar-refractivity contribution < 1.29 is 13.2 Å². The summed E-state index contributed by atoms with van der Waals surface area (Å²) >= 11 is 1.51. The lowest BCUT2D eigenvalue weighted by atomic mass is 10.1. The van der Waals surface area contributed by atoms with Crippen LogP contribution in [0.25, 0.3) is 0 Å². The summed E-state index contributed by atoms with van der Waals surface area (Å²) in [4.78, 5) is 13.9. The smallest absolute Gasteiger partial charge is 0.264 e. The fraction of sp³-hybridized carbons (Fsp3) is 0.174. The summed E-state index contributed by atoms with van der Waals surface area (Å²) in [6.07, 6.45) is 1.92. The third-order valence-corrected chi connectivity index (χ3v) is 7.36. The minimum Gasteiger partial charge on any atom is -0.323 e. The van der Waals surface area contributed by atoms with Crippen molar-refractivity contribution in [2.75, 3.05) is 22.4 Å². The summed E-state index contributed by atoms with van der Waals surface area (Å²) in [5, 5.41) is 2.85. The van der Waals surface area contributed by atoms with Crippen molar-refractivity contribution in [3.63, 3.8) is 0 Å². The number of carbonyl (C=O) groups is 1. The van der Waals surface area contributed by atoms with Gasteiger partial charge in [-0.3, -0.25) is 9.10 Å². The van der Waals surface area contributed by atoms with Crippen LogP contribution in [0, 0.1) is 13.8 Å². The maximum absolute atomic E-state index is 13.4. The average molecular weight is 441 g/mol. The summed E-state index contributed by atoms with van der Waals surface area (Å²) in [7, 11) is -3.92. The quantitative estimate of drug-likeness (QED) is 0.533. The number of anilines is 2. The zero-order valence-corrected chi connectivity index (χ0v) is 18.8. The molecular weight excluding hydrogens is 416 g/mol. The lowest BCUT2D eigenvalue weighted by molar-refractivity contribution is -0.114. The van der Waals surface area contributed by atoms with Gasteiger partial charge in [-0.2, -0.15) is 0 Å². The Morgan fingerprint density at radius 1 is 0.933 bits per heavy atom. The van der Waals surface area contributed by atoms with Crippen molar-refractivity contribution in [1.29, 1.82) is 0 Å². The van der Waals surface area contributed by atoms with Crippen LogP contribution in [0.1, 0.15) is 11.1 Å². The topological polar surface area (TPSA) is 66.5 Å². The molecule has 1 amide bonds. The highest BCUT2D eigenvalue weighted by Crippen LogP contribution is 2.27. The van der Waals surface area contributed by atoms with E-state index in [1.54, 1.807) is 36.4 Å². The van der Waals surface area contributed by atoms with E-state index in [0.29, 0.717) is 11.4 Å². The van der Waals surface area contributed by atoms with E-state index in [1.165, 1.54) is 23.9 Å². The molecule has 5 nitrogen and oxygen atoms in total. The number of nitrogens with zero attached hydrogens (tertiary/aromatic N) is 1. The Bertz CT molecular complexity index is 1150. The first-order valence-corrected chi connectivity index (χ1v) is 12.1. The van der Waals surface area contributed by atoms with Crippen molar-refractivity contribution in [2.45, 2.75) is 23.6 Å². The minimum absolute atomic E-state index is 0.139.